The average molecular weight is 346 g/mol. The molecule has 1 aromatic rings. The third-order valence-electron chi connectivity index (χ3n) is 3.67. The molecule has 0 saturated carbocycles. The van der Waals surface area contributed by atoms with Crippen LogP contribution in [0.1, 0.15) is 30.9 Å². The summed E-state index contributed by atoms with van der Waals surface area (Å²) in [5.74, 6) is 0.215. The molecule has 1 N–H and O–H groups in total. The zero-order valence-corrected chi connectivity index (χ0v) is 14.3. The number of unbranched alkanes of at least 4 members (excludes halogenated alkanes) is 1. The Balaban J connectivity index is 1.97. The van der Waals surface area contributed by atoms with Crippen molar-refractivity contribution in [3.8, 4) is 5.75 Å². The SMILES string of the molecule is CCCCN(C)S(=O)(=O)NCCc1cc(F)cc2c1OCOC2. The minimum Gasteiger partial charge on any atom is -0.467 e. The Morgan fingerprint density at radius 3 is 2.91 bits per heavy atom. The lowest BCUT2D eigenvalue weighted by atomic mass is 10.1. The highest BCUT2D eigenvalue weighted by atomic mass is 32.2. The topological polar surface area (TPSA) is 67.9 Å². The zero-order valence-electron chi connectivity index (χ0n) is 13.5. The molecule has 0 aliphatic carbocycles. The fourth-order valence-corrected chi connectivity index (χ4v) is 3.32. The van der Waals surface area contributed by atoms with Crippen LogP contribution in [0.5, 0.6) is 5.75 Å². The normalized spacial score (nSPS) is 14.6. The van der Waals surface area contributed by atoms with Gasteiger partial charge in [0.05, 0.1) is 6.61 Å². The fraction of sp³-hybridized carbons (Fsp3) is 0.600. The minimum atomic E-state index is -3.51. The van der Waals surface area contributed by atoms with Crippen LogP contribution < -0.4 is 9.46 Å². The number of hydrogen-bond donors (Lipinski definition) is 1. The van der Waals surface area contributed by atoms with Gasteiger partial charge in [0.15, 0.2) is 6.79 Å². The number of benzene rings is 1. The predicted molar refractivity (Wildman–Crippen MR) is 84.8 cm³/mol. The first kappa shape index (κ1) is 18.1. The summed E-state index contributed by atoms with van der Waals surface area (Å²) < 4.78 is 52.1. The second kappa shape index (κ2) is 8.05. The van der Waals surface area contributed by atoms with Gasteiger partial charge in [-0.3, -0.25) is 0 Å². The highest BCUT2D eigenvalue weighted by Gasteiger charge is 2.19. The van der Waals surface area contributed by atoms with Crippen LogP contribution in [0.15, 0.2) is 12.1 Å². The molecule has 1 aromatic carbocycles. The van der Waals surface area contributed by atoms with Crippen molar-refractivity contribution in [3.05, 3.63) is 29.1 Å². The monoisotopic (exact) mass is 346 g/mol. The van der Waals surface area contributed by atoms with Gasteiger partial charge in [0, 0.05) is 25.7 Å². The van der Waals surface area contributed by atoms with E-state index < -0.39 is 10.2 Å². The summed E-state index contributed by atoms with van der Waals surface area (Å²) >= 11 is 0. The van der Waals surface area contributed by atoms with Crippen molar-refractivity contribution in [1.29, 1.82) is 0 Å². The fourth-order valence-electron chi connectivity index (χ4n) is 2.37. The number of ether oxygens (including phenoxy) is 2. The maximum absolute atomic E-state index is 13.6. The van der Waals surface area contributed by atoms with Gasteiger partial charge in [-0.1, -0.05) is 13.3 Å². The molecule has 0 radical (unpaired) electrons. The largest absolute Gasteiger partial charge is 0.467 e. The van der Waals surface area contributed by atoms with E-state index >= 15 is 0 Å². The first-order valence-electron chi connectivity index (χ1n) is 7.67. The second-order valence-electron chi connectivity index (χ2n) is 5.49. The molecule has 1 aliphatic heterocycles. The van der Waals surface area contributed by atoms with Crippen LogP contribution in [0.2, 0.25) is 0 Å². The molecule has 1 heterocycles. The summed E-state index contributed by atoms with van der Waals surface area (Å²) in [6.45, 7) is 3.08. The van der Waals surface area contributed by atoms with Crippen molar-refractivity contribution >= 4 is 10.2 Å². The quantitative estimate of drug-likeness (QED) is 0.779. The van der Waals surface area contributed by atoms with Crippen LogP contribution in [0.25, 0.3) is 0 Å². The lowest BCUT2D eigenvalue weighted by Gasteiger charge is -2.21. The first-order chi connectivity index (χ1) is 10.9. The summed E-state index contributed by atoms with van der Waals surface area (Å²) in [6, 6.07) is 2.75. The molecule has 0 amide bonds. The molecule has 8 heteroatoms. The average Bonchev–Trinajstić information content (AvgIpc) is 2.52. The highest BCUT2D eigenvalue weighted by Crippen LogP contribution is 2.29. The first-order valence-corrected chi connectivity index (χ1v) is 9.11. The molecule has 6 nitrogen and oxygen atoms in total. The second-order valence-corrected chi connectivity index (χ2v) is 7.35. The lowest BCUT2D eigenvalue weighted by molar-refractivity contribution is -0.0172. The van der Waals surface area contributed by atoms with Gasteiger partial charge in [0.25, 0.3) is 10.2 Å². The minimum absolute atomic E-state index is 0.122. The third-order valence-corrected chi connectivity index (χ3v) is 5.24. The predicted octanol–water partition coefficient (Wildman–Crippen LogP) is 1.80. The van der Waals surface area contributed by atoms with Crippen molar-refractivity contribution in [2.24, 2.45) is 0 Å². The summed E-state index contributed by atoms with van der Waals surface area (Å²) in [7, 11) is -1.97. The van der Waals surface area contributed by atoms with E-state index in [0.717, 1.165) is 12.8 Å². The van der Waals surface area contributed by atoms with Crippen LogP contribution in [0, 0.1) is 5.82 Å². The van der Waals surface area contributed by atoms with Gasteiger partial charge < -0.3 is 9.47 Å². The van der Waals surface area contributed by atoms with Crippen LogP contribution in [-0.4, -0.2) is 39.7 Å². The van der Waals surface area contributed by atoms with Gasteiger partial charge in [-0.15, -0.1) is 0 Å². The molecule has 0 unspecified atom stereocenters. The van der Waals surface area contributed by atoms with Gasteiger partial charge in [0.2, 0.25) is 0 Å². The molecular formula is C15H23FN2O4S. The molecule has 130 valence electrons. The lowest BCUT2D eigenvalue weighted by Crippen LogP contribution is -2.39. The maximum atomic E-state index is 13.6. The van der Waals surface area contributed by atoms with Gasteiger partial charge in [-0.25, -0.2) is 9.11 Å². The van der Waals surface area contributed by atoms with Crippen molar-refractivity contribution in [2.75, 3.05) is 26.9 Å². The molecule has 0 atom stereocenters. The summed E-state index contributed by atoms with van der Waals surface area (Å²) in [6.07, 6.45) is 2.08. The molecule has 1 aliphatic rings. The Bertz CT molecular complexity index is 637. The Morgan fingerprint density at radius 1 is 1.39 bits per heavy atom. The van der Waals surface area contributed by atoms with Crippen molar-refractivity contribution in [2.45, 2.75) is 32.8 Å². The standard InChI is InChI=1S/C15H23FN2O4S/c1-3-4-7-18(2)23(19,20)17-6-5-12-8-14(16)9-13-10-21-11-22-15(12)13/h8-9,17H,3-7,10-11H2,1-2H3. The Morgan fingerprint density at radius 2 is 2.17 bits per heavy atom. The molecule has 0 fully saturated rings. The van der Waals surface area contributed by atoms with E-state index in [9.17, 15) is 12.8 Å². The van der Waals surface area contributed by atoms with Crippen LogP contribution in [0.4, 0.5) is 4.39 Å². The molecular weight excluding hydrogens is 323 g/mol. The zero-order chi connectivity index (χ0) is 16.9. The number of halogens is 1. The number of fused-ring (bicyclic) bond motifs is 1. The van der Waals surface area contributed by atoms with Gasteiger partial charge in [-0.2, -0.15) is 12.7 Å². The van der Waals surface area contributed by atoms with Crippen molar-refractivity contribution < 1.29 is 22.3 Å². The maximum Gasteiger partial charge on any atom is 0.279 e. The van der Waals surface area contributed by atoms with Gasteiger partial charge in [-0.05, 0) is 30.5 Å². The van der Waals surface area contributed by atoms with Crippen LogP contribution >= 0.6 is 0 Å². The van der Waals surface area contributed by atoms with E-state index in [2.05, 4.69) is 4.72 Å². The number of nitrogens with zero attached hydrogens (tertiary/aromatic N) is 1. The van der Waals surface area contributed by atoms with Gasteiger partial charge in [0.1, 0.15) is 11.6 Å². The summed E-state index contributed by atoms with van der Waals surface area (Å²) in [4.78, 5) is 0. The summed E-state index contributed by atoms with van der Waals surface area (Å²) in [5.41, 5.74) is 1.29. The molecule has 0 bridgehead atoms. The Hall–Kier alpha value is -1.22. The van der Waals surface area contributed by atoms with E-state index in [1.165, 1.54) is 16.4 Å². The highest BCUT2D eigenvalue weighted by molar-refractivity contribution is 7.87. The summed E-state index contributed by atoms with van der Waals surface area (Å²) in [5, 5.41) is 0. The Labute approximate surface area is 136 Å². The van der Waals surface area contributed by atoms with Crippen LogP contribution in [-0.2, 0) is 28.0 Å². The number of rotatable bonds is 8. The van der Waals surface area contributed by atoms with E-state index in [0.29, 0.717) is 36.4 Å². The van der Waals surface area contributed by atoms with E-state index in [-0.39, 0.29) is 19.2 Å². The molecule has 23 heavy (non-hydrogen) atoms. The molecule has 0 aromatic heterocycles. The van der Waals surface area contributed by atoms with Crippen LogP contribution in [0.3, 0.4) is 0 Å². The van der Waals surface area contributed by atoms with Crippen molar-refractivity contribution in [3.63, 3.8) is 0 Å². The van der Waals surface area contributed by atoms with Gasteiger partial charge >= 0.3 is 0 Å². The smallest absolute Gasteiger partial charge is 0.279 e. The van der Waals surface area contributed by atoms with E-state index in [1.807, 2.05) is 6.92 Å². The molecule has 2 rings (SSSR count). The molecule has 0 spiro atoms. The number of nitrogens with one attached hydrogen (secondary N) is 1. The third kappa shape index (κ3) is 4.87. The van der Waals surface area contributed by atoms with E-state index in [1.54, 1.807) is 7.05 Å². The molecule has 0 saturated heterocycles. The Kier molecular flexibility index (Phi) is 6.34. The van der Waals surface area contributed by atoms with Crippen molar-refractivity contribution in [1.82, 2.24) is 9.03 Å². The van der Waals surface area contributed by atoms with E-state index in [4.69, 9.17) is 9.47 Å². The number of hydrogen-bond acceptors (Lipinski definition) is 4.